The van der Waals surface area contributed by atoms with Crippen molar-refractivity contribution in [1.82, 2.24) is 14.7 Å². The predicted octanol–water partition coefficient (Wildman–Crippen LogP) is 3.06. The van der Waals surface area contributed by atoms with Crippen molar-refractivity contribution < 1.29 is 9.18 Å². The summed E-state index contributed by atoms with van der Waals surface area (Å²) in [6, 6.07) is 6.10. The number of hydrogen-bond acceptors (Lipinski definition) is 2. The molecule has 2 rings (SSSR count). The molecule has 1 amide bonds. The minimum absolute atomic E-state index is 0.00906. The van der Waals surface area contributed by atoms with Gasteiger partial charge in [0.05, 0.1) is 23.1 Å². The molecule has 21 heavy (non-hydrogen) atoms. The van der Waals surface area contributed by atoms with Crippen LogP contribution in [0.1, 0.15) is 36.8 Å². The molecule has 0 bridgehead atoms. The zero-order valence-electron chi connectivity index (χ0n) is 12.6. The van der Waals surface area contributed by atoms with Crippen molar-refractivity contribution >= 4 is 5.91 Å². The first-order valence-corrected chi connectivity index (χ1v) is 7.24. The highest BCUT2D eigenvalue weighted by atomic mass is 19.1. The van der Waals surface area contributed by atoms with Gasteiger partial charge in [0.15, 0.2) is 0 Å². The molecule has 0 unspecified atom stereocenters. The van der Waals surface area contributed by atoms with Crippen LogP contribution in [0.5, 0.6) is 0 Å². The molecule has 1 aromatic carbocycles. The Bertz CT molecular complexity index is 615. The summed E-state index contributed by atoms with van der Waals surface area (Å²) in [5.41, 5.74) is 2.22. The molecule has 5 heteroatoms. The van der Waals surface area contributed by atoms with Gasteiger partial charge in [-0.3, -0.25) is 4.79 Å². The number of amides is 1. The third-order valence-electron chi connectivity index (χ3n) is 3.56. The molecule has 0 N–H and O–H groups in total. The van der Waals surface area contributed by atoms with Crippen molar-refractivity contribution in [2.24, 2.45) is 0 Å². The highest BCUT2D eigenvalue weighted by molar-refractivity contribution is 5.95. The maximum Gasteiger partial charge on any atom is 0.257 e. The number of halogens is 1. The Labute approximate surface area is 124 Å². The Morgan fingerprint density at radius 1 is 1.19 bits per heavy atom. The van der Waals surface area contributed by atoms with E-state index in [2.05, 4.69) is 5.10 Å². The van der Waals surface area contributed by atoms with E-state index in [-0.39, 0.29) is 11.7 Å². The van der Waals surface area contributed by atoms with Gasteiger partial charge in [-0.15, -0.1) is 0 Å². The number of nitrogens with zero attached hydrogens (tertiary/aromatic N) is 3. The fraction of sp³-hybridized carbons (Fsp3) is 0.375. The Hall–Kier alpha value is -2.17. The number of rotatable bonds is 5. The lowest BCUT2D eigenvalue weighted by Crippen LogP contribution is -2.31. The molecule has 2 aromatic rings. The van der Waals surface area contributed by atoms with Crippen molar-refractivity contribution in [3.8, 4) is 5.69 Å². The normalized spacial score (nSPS) is 10.7. The first-order chi connectivity index (χ1) is 10.1. The second-order valence-electron chi connectivity index (χ2n) is 4.72. The van der Waals surface area contributed by atoms with Crippen LogP contribution in [0.25, 0.3) is 5.69 Å². The SMILES string of the molecule is CCc1c(C(=O)N(CC)CC)cnn1-c1ccc(F)cc1. The summed E-state index contributed by atoms with van der Waals surface area (Å²) in [6.07, 6.45) is 2.28. The summed E-state index contributed by atoms with van der Waals surface area (Å²) in [4.78, 5) is 14.3. The second kappa shape index (κ2) is 6.52. The van der Waals surface area contributed by atoms with Crippen LogP contribution in [-0.2, 0) is 6.42 Å². The Kier molecular flexibility index (Phi) is 4.73. The first kappa shape index (κ1) is 15.2. The van der Waals surface area contributed by atoms with Gasteiger partial charge < -0.3 is 4.90 Å². The minimum atomic E-state index is -0.289. The lowest BCUT2D eigenvalue weighted by molar-refractivity contribution is 0.0772. The van der Waals surface area contributed by atoms with Gasteiger partial charge in [0, 0.05) is 13.1 Å². The van der Waals surface area contributed by atoms with Gasteiger partial charge in [-0.2, -0.15) is 5.10 Å². The molecule has 0 aliphatic heterocycles. The van der Waals surface area contributed by atoms with Gasteiger partial charge in [-0.1, -0.05) is 6.92 Å². The van der Waals surface area contributed by atoms with E-state index in [1.165, 1.54) is 12.1 Å². The maximum absolute atomic E-state index is 13.0. The largest absolute Gasteiger partial charge is 0.339 e. The Morgan fingerprint density at radius 2 is 1.81 bits per heavy atom. The van der Waals surface area contributed by atoms with Crippen molar-refractivity contribution in [2.45, 2.75) is 27.2 Å². The maximum atomic E-state index is 13.0. The molecule has 0 saturated heterocycles. The molecule has 112 valence electrons. The van der Waals surface area contributed by atoms with Gasteiger partial charge in [-0.25, -0.2) is 9.07 Å². The standard InChI is InChI=1S/C16H20FN3O/c1-4-15-14(16(21)19(5-2)6-3)11-18-20(15)13-9-7-12(17)8-10-13/h7-11H,4-6H2,1-3H3. The number of benzene rings is 1. The molecule has 1 aromatic heterocycles. The van der Waals surface area contributed by atoms with Gasteiger partial charge in [0.1, 0.15) is 5.82 Å². The van der Waals surface area contributed by atoms with E-state index in [0.717, 1.165) is 11.4 Å². The molecule has 0 fully saturated rings. The van der Waals surface area contributed by atoms with Crippen LogP contribution in [0.2, 0.25) is 0 Å². The third kappa shape index (κ3) is 2.96. The van der Waals surface area contributed by atoms with E-state index in [4.69, 9.17) is 0 Å². The van der Waals surface area contributed by atoms with Crippen LogP contribution in [-0.4, -0.2) is 33.7 Å². The smallest absolute Gasteiger partial charge is 0.257 e. The summed E-state index contributed by atoms with van der Waals surface area (Å²) in [5.74, 6) is -0.298. The fourth-order valence-corrected chi connectivity index (χ4v) is 2.38. The molecule has 0 spiro atoms. The molecule has 0 aliphatic rings. The molecular weight excluding hydrogens is 269 g/mol. The lowest BCUT2D eigenvalue weighted by Gasteiger charge is -2.18. The molecule has 4 nitrogen and oxygen atoms in total. The Morgan fingerprint density at radius 3 is 2.33 bits per heavy atom. The van der Waals surface area contributed by atoms with E-state index in [0.29, 0.717) is 25.1 Å². The number of hydrogen-bond donors (Lipinski definition) is 0. The minimum Gasteiger partial charge on any atom is -0.339 e. The lowest BCUT2D eigenvalue weighted by atomic mass is 10.1. The number of carbonyl (C=O) groups excluding carboxylic acids is 1. The summed E-state index contributed by atoms with van der Waals surface area (Å²) in [6.45, 7) is 7.23. The Balaban J connectivity index is 2.43. The molecular formula is C16H20FN3O. The van der Waals surface area contributed by atoms with Crippen LogP contribution < -0.4 is 0 Å². The van der Waals surface area contributed by atoms with Crippen LogP contribution >= 0.6 is 0 Å². The summed E-state index contributed by atoms with van der Waals surface area (Å²) in [5, 5.41) is 4.31. The summed E-state index contributed by atoms with van der Waals surface area (Å²) < 4.78 is 14.7. The molecule has 0 aliphatic carbocycles. The second-order valence-corrected chi connectivity index (χ2v) is 4.72. The van der Waals surface area contributed by atoms with Crippen molar-refractivity contribution in [2.75, 3.05) is 13.1 Å². The molecule has 1 heterocycles. The molecule has 0 radical (unpaired) electrons. The zero-order valence-corrected chi connectivity index (χ0v) is 12.6. The van der Waals surface area contributed by atoms with E-state index >= 15 is 0 Å². The van der Waals surface area contributed by atoms with E-state index in [1.54, 1.807) is 27.9 Å². The highest BCUT2D eigenvalue weighted by Gasteiger charge is 2.20. The van der Waals surface area contributed by atoms with E-state index in [1.807, 2.05) is 20.8 Å². The average molecular weight is 289 g/mol. The zero-order chi connectivity index (χ0) is 15.4. The van der Waals surface area contributed by atoms with Crippen LogP contribution in [0, 0.1) is 5.82 Å². The first-order valence-electron chi connectivity index (χ1n) is 7.24. The monoisotopic (exact) mass is 289 g/mol. The van der Waals surface area contributed by atoms with Gasteiger partial charge in [-0.05, 0) is 44.5 Å². The number of carbonyl (C=O) groups is 1. The number of aromatic nitrogens is 2. The summed E-state index contributed by atoms with van der Waals surface area (Å²) in [7, 11) is 0. The van der Waals surface area contributed by atoms with Gasteiger partial charge >= 0.3 is 0 Å². The van der Waals surface area contributed by atoms with Gasteiger partial charge in [0.2, 0.25) is 0 Å². The predicted molar refractivity (Wildman–Crippen MR) is 80.2 cm³/mol. The third-order valence-corrected chi connectivity index (χ3v) is 3.56. The van der Waals surface area contributed by atoms with Crippen LogP contribution in [0.4, 0.5) is 4.39 Å². The summed E-state index contributed by atoms with van der Waals surface area (Å²) >= 11 is 0. The average Bonchev–Trinajstić information content (AvgIpc) is 2.93. The molecule has 0 saturated carbocycles. The van der Waals surface area contributed by atoms with E-state index < -0.39 is 0 Å². The van der Waals surface area contributed by atoms with Crippen LogP contribution in [0.15, 0.2) is 30.5 Å². The molecule has 0 atom stereocenters. The topological polar surface area (TPSA) is 38.1 Å². The van der Waals surface area contributed by atoms with Crippen molar-refractivity contribution in [3.05, 3.63) is 47.5 Å². The fourth-order valence-electron chi connectivity index (χ4n) is 2.38. The highest BCUT2D eigenvalue weighted by Crippen LogP contribution is 2.18. The van der Waals surface area contributed by atoms with Gasteiger partial charge in [0.25, 0.3) is 5.91 Å². The van der Waals surface area contributed by atoms with Crippen molar-refractivity contribution in [1.29, 1.82) is 0 Å². The quantitative estimate of drug-likeness (QED) is 0.848. The van der Waals surface area contributed by atoms with E-state index in [9.17, 15) is 9.18 Å². The van der Waals surface area contributed by atoms with Crippen molar-refractivity contribution in [3.63, 3.8) is 0 Å². The van der Waals surface area contributed by atoms with Crippen LogP contribution in [0.3, 0.4) is 0 Å².